The number of piperidine rings is 1. The van der Waals surface area contributed by atoms with Crippen LogP contribution in [-0.4, -0.2) is 53.5 Å². The number of hydrogen-bond donors (Lipinski definition) is 4. The molecule has 264 valence electrons. The van der Waals surface area contributed by atoms with Crippen LogP contribution in [0.25, 0.3) is 16.6 Å². The quantitative estimate of drug-likeness (QED) is 0.105. The van der Waals surface area contributed by atoms with Crippen LogP contribution >= 0.6 is 0 Å². The van der Waals surface area contributed by atoms with E-state index in [9.17, 15) is 14.4 Å². The number of urea groups is 1. The Morgan fingerprint density at radius 2 is 1.49 bits per heavy atom. The molecule has 0 bridgehead atoms. The summed E-state index contributed by atoms with van der Waals surface area (Å²) in [5.74, 6) is 0.225. The van der Waals surface area contributed by atoms with Gasteiger partial charge in [0.1, 0.15) is 11.5 Å². The van der Waals surface area contributed by atoms with Crippen molar-refractivity contribution in [1.82, 2.24) is 20.1 Å². The molecule has 5 aromatic rings. The second kappa shape index (κ2) is 16.4. The fourth-order valence-electron chi connectivity index (χ4n) is 6.51. The maximum absolute atomic E-state index is 13.2. The van der Waals surface area contributed by atoms with Crippen molar-refractivity contribution in [3.8, 4) is 17.2 Å². The molecule has 0 atom stereocenters. The van der Waals surface area contributed by atoms with E-state index in [1.54, 1.807) is 42.5 Å². The molecule has 1 aliphatic heterocycles. The van der Waals surface area contributed by atoms with E-state index in [0.717, 1.165) is 43.7 Å². The molecule has 0 saturated carbocycles. The Balaban J connectivity index is 1.10. The number of nitrogens with zero attached hydrogens (tertiary/aromatic N) is 2. The van der Waals surface area contributed by atoms with Crippen molar-refractivity contribution in [2.75, 3.05) is 30.8 Å². The van der Waals surface area contributed by atoms with Crippen LogP contribution in [0.5, 0.6) is 11.5 Å². The van der Waals surface area contributed by atoms with Crippen molar-refractivity contribution >= 4 is 40.1 Å². The molecule has 1 aliphatic rings. The van der Waals surface area contributed by atoms with E-state index in [0.29, 0.717) is 28.4 Å². The number of nitrogens with one attached hydrogen (secondary N) is 4. The summed E-state index contributed by atoms with van der Waals surface area (Å²) >= 11 is 0. The first-order valence-electron chi connectivity index (χ1n) is 17.8. The number of carbonyl (C=O) groups is 3. The third-order valence-corrected chi connectivity index (χ3v) is 9.41. The van der Waals surface area contributed by atoms with Gasteiger partial charge in [0.2, 0.25) is 0 Å². The van der Waals surface area contributed by atoms with Crippen molar-refractivity contribution in [2.24, 2.45) is 0 Å². The SMILES string of the molecule is CCC(CC)NC(=O)Nc1ccc(Oc2ccc(NC(=O)c3ccc(-n4cc(CN5CCCCC5)c5ccccc54)cc3)cc2)c(C(=O)NC)c1. The summed E-state index contributed by atoms with van der Waals surface area (Å²) in [6.07, 6.45) is 7.71. The van der Waals surface area contributed by atoms with Crippen molar-refractivity contribution in [1.29, 1.82) is 0 Å². The Morgan fingerprint density at radius 1 is 0.784 bits per heavy atom. The summed E-state index contributed by atoms with van der Waals surface area (Å²) in [7, 11) is 1.53. The summed E-state index contributed by atoms with van der Waals surface area (Å²) in [5, 5.41) is 12.6. The molecule has 10 heteroatoms. The zero-order valence-electron chi connectivity index (χ0n) is 29.5. The molecule has 1 saturated heterocycles. The number of hydrogen-bond acceptors (Lipinski definition) is 5. The fraction of sp³-hybridized carbons (Fsp3) is 0.293. The fourth-order valence-corrected chi connectivity index (χ4v) is 6.51. The number of likely N-dealkylation sites (tertiary alicyclic amines) is 1. The molecule has 0 aliphatic carbocycles. The topological polar surface area (TPSA) is 117 Å². The number of carbonyl (C=O) groups excluding carboxylic acids is 3. The van der Waals surface area contributed by atoms with Crippen LogP contribution in [0.4, 0.5) is 16.2 Å². The number of rotatable bonds is 12. The zero-order valence-corrected chi connectivity index (χ0v) is 29.5. The van der Waals surface area contributed by atoms with Gasteiger partial charge in [-0.15, -0.1) is 0 Å². The number of anilines is 2. The van der Waals surface area contributed by atoms with Crippen LogP contribution in [0.2, 0.25) is 0 Å². The van der Waals surface area contributed by atoms with E-state index in [1.165, 1.54) is 37.3 Å². The highest BCUT2D eigenvalue weighted by Gasteiger charge is 2.18. The predicted molar refractivity (Wildman–Crippen MR) is 203 cm³/mol. The average molecular weight is 687 g/mol. The Kier molecular flexibility index (Phi) is 11.3. The van der Waals surface area contributed by atoms with Crippen LogP contribution in [0.3, 0.4) is 0 Å². The smallest absolute Gasteiger partial charge is 0.319 e. The minimum absolute atomic E-state index is 0.0679. The zero-order chi connectivity index (χ0) is 35.7. The largest absolute Gasteiger partial charge is 0.457 e. The molecule has 0 unspecified atom stereocenters. The first-order valence-corrected chi connectivity index (χ1v) is 17.8. The summed E-state index contributed by atoms with van der Waals surface area (Å²) in [6.45, 7) is 7.26. The number of para-hydroxylation sites is 1. The molecule has 6 rings (SSSR count). The Bertz CT molecular complexity index is 1980. The van der Waals surface area contributed by atoms with Crippen LogP contribution < -0.4 is 26.0 Å². The Labute approximate surface area is 299 Å². The third kappa shape index (κ3) is 8.59. The minimum Gasteiger partial charge on any atom is -0.457 e. The van der Waals surface area contributed by atoms with Crippen LogP contribution in [0.1, 0.15) is 72.2 Å². The van der Waals surface area contributed by atoms with Crippen molar-refractivity contribution in [3.63, 3.8) is 0 Å². The van der Waals surface area contributed by atoms with Crippen molar-refractivity contribution in [3.05, 3.63) is 114 Å². The predicted octanol–water partition coefficient (Wildman–Crippen LogP) is 8.33. The van der Waals surface area contributed by atoms with Crippen LogP contribution in [0, 0.1) is 0 Å². The van der Waals surface area contributed by atoms with Gasteiger partial charge < -0.3 is 30.6 Å². The molecule has 1 aromatic heterocycles. The van der Waals surface area contributed by atoms with Gasteiger partial charge in [-0.1, -0.05) is 38.5 Å². The van der Waals surface area contributed by atoms with E-state index in [1.807, 2.05) is 38.1 Å². The molecule has 0 spiro atoms. The lowest BCUT2D eigenvalue weighted by atomic mass is 10.1. The van der Waals surface area contributed by atoms with Gasteiger partial charge in [0.15, 0.2) is 0 Å². The first kappa shape index (κ1) is 35.2. The lowest BCUT2D eigenvalue weighted by molar-refractivity contribution is 0.0959. The first-order chi connectivity index (χ1) is 24.8. The molecular weight excluding hydrogens is 640 g/mol. The number of ether oxygens (including phenoxy) is 1. The molecular formula is C41H46N6O4. The third-order valence-electron chi connectivity index (χ3n) is 9.41. The second-order valence-corrected chi connectivity index (χ2v) is 12.9. The van der Waals surface area contributed by atoms with Crippen LogP contribution in [-0.2, 0) is 6.54 Å². The molecule has 4 amide bonds. The number of aromatic nitrogens is 1. The molecule has 2 heterocycles. The van der Waals surface area contributed by atoms with Gasteiger partial charge in [0.05, 0.1) is 11.1 Å². The van der Waals surface area contributed by atoms with E-state index in [4.69, 9.17) is 4.74 Å². The number of benzene rings is 4. The van der Waals surface area contributed by atoms with Gasteiger partial charge >= 0.3 is 6.03 Å². The normalized spacial score (nSPS) is 13.2. The van der Waals surface area contributed by atoms with Gasteiger partial charge in [0, 0.05) is 53.8 Å². The Morgan fingerprint density at radius 3 is 2.20 bits per heavy atom. The van der Waals surface area contributed by atoms with E-state index in [2.05, 4.69) is 61.2 Å². The maximum Gasteiger partial charge on any atom is 0.319 e. The van der Waals surface area contributed by atoms with Gasteiger partial charge in [0.25, 0.3) is 11.8 Å². The van der Waals surface area contributed by atoms with Gasteiger partial charge in [-0.05, 0) is 117 Å². The Hall–Kier alpha value is -5.61. The van der Waals surface area contributed by atoms with E-state index < -0.39 is 0 Å². The summed E-state index contributed by atoms with van der Waals surface area (Å²) < 4.78 is 8.27. The molecule has 51 heavy (non-hydrogen) atoms. The lowest BCUT2D eigenvalue weighted by Gasteiger charge is -2.26. The maximum atomic E-state index is 13.2. The molecule has 0 radical (unpaired) electrons. The molecule has 4 aromatic carbocycles. The van der Waals surface area contributed by atoms with Crippen molar-refractivity contribution < 1.29 is 19.1 Å². The van der Waals surface area contributed by atoms with Gasteiger partial charge in [-0.25, -0.2) is 4.79 Å². The van der Waals surface area contributed by atoms with Crippen LogP contribution in [0.15, 0.2) is 97.2 Å². The minimum atomic E-state index is -0.355. The summed E-state index contributed by atoms with van der Waals surface area (Å²) in [4.78, 5) is 40.9. The number of amides is 4. The molecule has 4 N–H and O–H groups in total. The second-order valence-electron chi connectivity index (χ2n) is 12.9. The highest BCUT2D eigenvalue weighted by Crippen LogP contribution is 2.30. The average Bonchev–Trinajstić information content (AvgIpc) is 3.53. The highest BCUT2D eigenvalue weighted by atomic mass is 16.5. The van der Waals surface area contributed by atoms with Gasteiger partial charge in [-0.2, -0.15) is 0 Å². The summed E-state index contributed by atoms with van der Waals surface area (Å²) in [6, 6.07) is 27.7. The monoisotopic (exact) mass is 686 g/mol. The van der Waals surface area contributed by atoms with Gasteiger partial charge in [-0.3, -0.25) is 14.5 Å². The van der Waals surface area contributed by atoms with E-state index in [-0.39, 0.29) is 29.5 Å². The van der Waals surface area contributed by atoms with E-state index >= 15 is 0 Å². The summed E-state index contributed by atoms with van der Waals surface area (Å²) in [5.41, 5.74) is 5.35. The standard InChI is InChI=1S/C41H46N6O4/c1-4-30(5-2)44-41(50)45-32-17-22-38(36(25-32)40(49)42-3)51-34-20-15-31(16-21-34)43-39(48)28-13-18-33(19-14-28)47-27-29(26-46-23-9-6-10-24-46)35-11-7-8-12-37(35)47/h7-8,11-22,25,27,30H,4-6,9-10,23-24,26H2,1-3H3,(H,42,49)(H,43,48)(H2,44,45,50). The molecule has 10 nitrogen and oxygen atoms in total. The highest BCUT2D eigenvalue weighted by molar-refractivity contribution is 6.04. The molecule has 1 fully saturated rings. The number of fused-ring (bicyclic) bond motifs is 1. The van der Waals surface area contributed by atoms with Crippen molar-refractivity contribution in [2.45, 2.75) is 58.5 Å². The lowest BCUT2D eigenvalue weighted by Crippen LogP contribution is -2.37.